The van der Waals surface area contributed by atoms with E-state index in [0.29, 0.717) is 0 Å². The first-order chi connectivity index (χ1) is 6.93. The van der Waals surface area contributed by atoms with Crippen molar-refractivity contribution in [2.45, 2.75) is 10.9 Å². The maximum Gasteiger partial charge on any atom is 0.243 e. The van der Waals surface area contributed by atoms with Crippen molar-refractivity contribution in [1.29, 1.82) is 0 Å². The van der Waals surface area contributed by atoms with Gasteiger partial charge in [-0.25, -0.2) is 8.42 Å². The van der Waals surface area contributed by atoms with E-state index < -0.39 is 27.8 Å². The van der Waals surface area contributed by atoms with Gasteiger partial charge in [-0.3, -0.25) is 9.59 Å². The van der Waals surface area contributed by atoms with Gasteiger partial charge in [-0.05, 0) is 11.4 Å². The molecular weight excluding hydrogens is 240 g/mol. The standard InChI is InChI=1S/C7H6N2O4S2/c8-7(11)4-5(10)6-3(1-2-14-6)15(12,13)9-4/h1-2,4,9H,(H2,8,11). The van der Waals surface area contributed by atoms with Gasteiger partial charge in [0, 0.05) is 0 Å². The van der Waals surface area contributed by atoms with Crippen molar-refractivity contribution in [3.63, 3.8) is 0 Å². The van der Waals surface area contributed by atoms with E-state index in [1.54, 1.807) is 0 Å². The number of fused-ring (bicyclic) bond motifs is 1. The molecule has 1 amide bonds. The molecule has 0 radical (unpaired) electrons. The van der Waals surface area contributed by atoms with Crippen LogP contribution in [0.1, 0.15) is 9.67 Å². The summed E-state index contributed by atoms with van der Waals surface area (Å²) in [5.41, 5.74) is 4.92. The second-order valence-corrected chi connectivity index (χ2v) is 5.53. The zero-order valence-corrected chi connectivity index (χ0v) is 8.89. The van der Waals surface area contributed by atoms with Gasteiger partial charge in [0.15, 0.2) is 6.04 Å². The van der Waals surface area contributed by atoms with Gasteiger partial charge in [0.05, 0.1) is 4.88 Å². The maximum absolute atomic E-state index is 11.6. The second-order valence-electron chi connectivity index (χ2n) is 2.93. The molecule has 0 bridgehead atoms. The number of carbonyl (C=O) groups excluding carboxylic acids is 2. The van der Waals surface area contributed by atoms with Gasteiger partial charge in [-0.1, -0.05) is 0 Å². The molecule has 0 saturated heterocycles. The van der Waals surface area contributed by atoms with Crippen LogP contribution in [0.3, 0.4) is 0 Å². The summed E-state index contributed by atoms with van der Waals surface area (Å²) in [6.45, 7) is 0. The van der Waals surface area contributed by atoms with Crippen molar-refractivity contribution in [3.05, 3.63) is 16.3 Å². The highest BCUT2D eigenvalue weighted by Crippen LogP contribution is 2.27. The molecule has 1 aliphatic heterocycles. The van der Waals surface area contributed by atoms with Crippen LogP contribution in [0.25, 0.3) is 0 Å². The van der Waals surface area contributed by atoms with E-state index in [1.165, 1.54) is 11.4 Å². The molecule has 1 unspecified atom stereocenters. The van der Waals surface area contributed by atoms with E-state index in [1.807, 2.05) is 4.72 Å². The largest absolute Gasteiger partial charge is 0.368 e. The normalized spacial score (nSPS) is 23.5. The fourth-order valence-electron chi connectivity index (χ4n) is 1.28. The molecule has 2 heterocycles. The Labute approximate surface area is 89.1 Å². The molecule has 15 heavy (non-hydrogen) atoms. The molecule has 3 N–H and O–H groups in total. The molecular formula is C7H6N2O4S2. The van der Waals surface area contributed by atoms with E-state index in [0.717, 1.165) is 11.3 Å². The number of rotatable bonds is 1. The van der Waals surface area contributed by atoms with Crippen LogP contribution in [-0.2, 0) is 14.8 Å². The topological polar surface area (TPSA) is 106 Å². The number of Topliss-reactive ketones (excluding diaryl/α,β-unsaturated/α-hetero) is 1. The lowest BCUT2D eigenvalue weighted by molar-refractivity contribution is -0.118. The summed E-state index contributed by atoms with van der Waals surface area (Å²) in [6.07, 6.45) is 0. The predicted molar refractivity (Wildman–Crippen MR) is 52.0 cm³/mol. The third-order valence-electron chi connectivity index (χ3n) is 1.96. The second kappa shape index (κ2) is 3.12. The third-order valence-corrected chi connectivity index (χ3v) is 4.49. The summed E-state index contributed by atoms with van der Waals surface area (Å²) in [7, 11) is -3.79. The number of sulfonamides is 1. The van der Waals surface area contributed by atoms with E-state index in [-0.39, 0.29) is 9.77 Å². The Balaban J connectivity index is 2.63. The summed E-state index contributed by atoms with van der Waals surface area (Å²) in [4.78, 5) is 22.4. The summed E-state index contributed by atoms with van der Waals surface area (Å²) in [5, 5.41) is 1.48. The Morgan fingerprint density at radius 1 is 1.53 bits per heavy atom. The molecule has 2 rings (SSSR count). The van der Waals surface area contributed by atoms with Gasteiger partial charge in [-0.2, -0.15) is 4.72 Å². The van der Waals surface area contributed by atoms with Gasteiger partial charge in [0.25, 0.3) is 0 Å². The molecule has 1 atom stereocenters. The number of nitrogens with two attached hydrogens (primary N) is 1. The van der Waals surface area contributed by atoms with Crippen LogP contribution in [0, 0.1) is 0 Å². The fraction of sp³-hybridized carbons (Fsp3) is 0.143. The van der Waals surface area contributed by atoms with Crippen LogP contribution in [0.4, 0.5) is 0 Å². The highest BCUT2D eigenvalue weighted by molar-refractivity contribution is 7.90. The van der Waals surface area contributed by atoms with E-state index in [4.69, 9.17) is 5.73 Å². The highest BCUT2D eigenvalue weighted by Gasteiger charge is 2.40. The number of amides is 1. The Hall–Kier alpha value is -1.25. The number of hydrogen-bond acceptors (Lipinski definition) is 5. The number of primary amides is 1. The maximum atomic E-state index is 11.6. The minimum absolute atomic E-state index is 0.0533. The van der Waals surface area contributed by atoms with Gasteiger partial charge < -0.3 is 5.73 Å². The van der Waals surface area contributed by atoms with Gasteiger partial charge in [-0.15, -0.1) is 11.3 Å². The van der Waals surface area contributed by atoms with Crippen LogP contribution in [0.5, 0.6) is 0 Å². The molecule has 6 nitrogen and oxygen atoms in total. The average Bonchev–Trinajstić information content (AvgIpc) is 2.60. The van der Waals surface area contributed by atoms with Crippen molar-refractivity contribution in [2.75, 3.05) is 0 Å². The van der Waals surface area contributed by atoms with Crippen LogP contribution < -0.4 is 10.5 Å². The Morgan fingerprint density at radius 2 is 2.20 bits per heavy atom. The zero-order valence-electron chi connectivity index (χ0n) is 7.26. The Morgan fingerprint density at radius 3 is 2.80 bits per heavy atom. The van der Waals surface area contributed by atoms with Crippen molar-refractivity contribution in [1.82, 2.24) is 4.72 Å². The molecule has 80 valence electrons. The molecule has 0 saturated carbocycles. The lowest BCUT2D eigenvalue weighted by Crippen LogP contribution is -2.52. The Bertz CT molecular complexity index is 545. The number of hydrogen-bond donors (Lipinski definition) is 2. The van der Waals surface area contributed by atoms with Gasteiger partial charge >= 0.3 is 0 Å². The molecule has 8 heteroatoms. The van der Waals surface area contributed by atoms with Crippen LogP contribution in [0.15, 0.2) is 16.3 Å². The number of carbonyl (C=O) groups is 2. The summed E-state index contributed by atoms with van der Waals surface area (Å²) < 4.78 is 25.0. The van der Waals surface area contributed by atoms with Gasteiger partial charge in [0.2, 0.25) is 21.7 Å². The molecule has 0 spiro atoms. The molecule has 1 aromatic rings. The van der Waals surface area contributed by atoms with Crippen molar-refractivity contribution in [2.24, 2.45) is 5.73 Å². The van der Waals surface area contributed by atoms with Crippen molar-refractivity contribution < 1.29 is 18.0 Å². The predicted octanol–water partition coefficient (Wildman–Crippen LogP) is -0.923. The SMILES string of the molecule is NC(=O)C1NS(=O)(=O)c2ccsc2C1=O. The minimum Gasteiger partial charge on any atom is -0.368 e. The summed E-state index contributed by atoms with van der Waals surface area (Å²) >= 11 is 0.980. The van der Waals surface area contributed by atoms with E-state index in [2.05, 4.69) is 0 Å². The van der Waals surface area contributed by atoms with E-state index >= 15 is 0 Å². The highest BCUT2D eigenvalue weighted by atomic mass is 32.2. The first-order valence-corrected chi connectivity index (χ1v) is 6.23. The smallest absolute Gasteiger partial charge is 0.243 e. The quantitative estimate of drug-likeness (QED) is 0.625. The lowest BCUT2D eigenvalue weighted by Gasteiger charge is -2.19. The summed E-state index contributed by atoms with van der Waals surface area (Å²) in [5.74, 6) is -1.59. The van der Waals surface area contributed by atoms with E-state index in [9.17, 15) is 18.0 Å². The first kappa shape index (κ1) is 10.3. The minimum atomic E-state index is -3.79. The van der Waals surface area contributed by atoms with Crippen LogP contribution in [-0.4, -0.2) is 26.2 Å². The Kier molecular flexibility index (Phi) is 2.14. The number of nitrogens with one attached hydrogen (secondary N) is 1. The lowest BCUT2D eigenvalue weighted by atomic mass is 10.1. The summed E-state index contributed by atoms with van der Waals surface area (Å²) in [6, 6.07) is -0.168. The fourth-order valence-corrected chi connectivity index (χ4v) is 3.85. The molecule has 1 aliphatic rings. The average molecular weight is 246 g/mol. The van der Waals surface area contributed by atoms with Crippen LogP contribution in [0.2, 0.25) is 0 Å². The number of thiophene rings is 1. The molecule has 0 fully saturated rings. The third kappa shape index (κ3) is 1.46. The number of ketones is 1. The molecule has 1 aromatic heterocycles. The van der Waals surface area contributed by atoms with Crippen LogP contribution >= 0.6 is 11.3 Å². The van der Waals surface area contributed by atoms with Gasteiger partial charge in [0.1, 0.15) is 4.90 Å². The monoisotopic (exact) mass is 246 g/mol. The first-order valence-electron chi connectivity index (χ1n) is 3.87. The van der Waals surface area contributed by atoms with Crippen molar-refractivity contribution in [3.8, 4) is 0 Å². The molecule has 0 aromatic carbocycles. The zero-order chi connectivity index (χ0) is 11.2. The van der Waals surface area contributed by atoms with Crippen molar-refractivity contribution >= 4 is 33.1 Å². The molecule has 0 aliphatic carbocycles.